The molecule has 1 atom stereocenters. The van der Waals surface area contributed by atoms with Gasteiger partial charge in [0.2, 0.25) is 11.8 Å². The predicted molar refractivity (Wildman–Crippen MR) is 129 cm³/mol. The van der Waals surface area contributed by atoms with Crippen molar-refractivity contribution in [2.75, 3.05) is 13.1 Å². The Balaban J connectivity index is 1.75. The second-order valence-corrected chi connectivity index (χ2v) is 12.5. The second kappa shape index (κ2) is 9.27. The molecule has 3 N–H and O–H groups in total. The van der Waals surface area contributed by atoms with Gasteiger partial charge in [0.25, 0.3) is 10.0 Å². The molecule has 35 heavy (non-hydrogen) atoms. The number of nitrogens with zero attached hydrogens (tertiary/aromatic N) is 2. The normalized spacial score (nSPS) is 27.3. The van der Waals surface area contributed by atoms with Crippen LogP contribution in [0.25, 0.3) is 0 Å². The highest BCUT2D eigenvalue weighted by atomic mass is 32.2. The number of rotatable bonds is 5. The number of sulfonamides is 1. The molecular formula is C24H35N4O6S+. The molecule has 0 aliphatic carbocycles. The van der Waals surface area contributed by atoms with E-state index in [1.54, 1.807) is 12.1 Å². The number of hydrogen-bond acceptors (Lipinski definition) is 5. The smallest absolute Gasteiger partial charge is 0.435 e. The number of nitrogens with one attached hydrogen (secondary N) is 2. The lowest BCUT2D eigenvalue weighted by Gasteiger charge is -2.50. The molecule has 1 saturated heterocycles. The van der Waals surface area contributed by atoms with Gasteiger partial charge in [0, 0.05) is 30.8 Å². The first-order valence-electron chi connectivity index (χ1n) is 11.6. The molecule has 10 nitrogen and oxygen atoms in total. The highest BCUT2D eigenvalue weighted by Gasteiger charge is 2.52. The van der Waals surface area contributed by atoms with Gasteiger partial charge in [0.1, 0.15) is 11.6 Å². The van der Waals surface area contributed by atoms with Gasteiger partial charge in [0.05, 0.1) is 24.4 Å². The van der Waals surface area contributed by atoms with Gasteiger partial charge in [-0.2, -0.15) is 4.79 Å². The summed E-state index contributed by atoms with van der Waals surface area (Å²) in [5, 5.41) is 15.3. The van der Waals surface area contributed by atoms with Gasteiger partial charge in [-0.1, -0.05) is 17.7 Å². The number of benzene rings is 1. The zero-order chi connectivity index (χ0) is 26.2. The standard InChI is InChI=1S/C24H34N4O6S/c1-17-6-8-18(9-7-17)35(33,34)27-13-12-25-21(30)19(27)16-20(29)26-24(5)10-14-28(15-11-24,22(31)32)23(2,3)4/h6-9,12-13,19H,10-11,14-16H2,1-5H3,(H2-,25,26,29,30,31,32)/p+1/t19-,24?,28?/m1/s1. The molecule has 3 amide bonds. The second-order valence-electron chi connectivity index (χ2n) is 10.7. The third-order valence-electron chi connectivity index (χ3n) is 7.21. The molecule has 3 rings (SSSR count). The molecule has 2 heterocycles. The Morgan fingerprint density at radius 3 is 2.29 bits per heavy atom. The fraction of sp³-hybridized carbons (Fsp3) is 0.542. The fourth-order valence-electron chi connectivity index (χ4n) is 4.72. The number of amides is 3. The largest absolute Gasteiger partial charge is 0.513 e. The van der Waals surface area contributed by atoms with Gasteiger partial charge in [-0.05, 0) is 46.8 Å². The SMILES string of the molecule is Cc1ccc(S(=O)(=O)N2C=CNC(=O)[C@H]2CC(=O)NC2(C)CC[N+](C(=O)O)(C(C)(C)C)CC2)cc1. The predicted octanol–water partition coefficient (Wildman–Crippen LogP) is 2.31. The van der Waals surface area contributed by atoms with E-state index in [9.17, 15) is 27.9 Å². The first-order valence-corrected chi connectivity index (χ1v) is 13.0. The summed E-state index contributed by atoms with van der Waals surface area (Å²) in [5.41, 5.74) is -0.278. The highest BCUT2D eigenvalue weighted by Crippen LogP contribution is 2.35. The summed E-state index contributed by atoms with van der Waals surface area (Å²) in [7, 11) is -4.06. The molecule has 0 bridgehead atoms. The van der Waals surface area contributed by atoms with Crippen LogP contribution >= 0.6 is 0 Å². The molecule has 0 aromatic heterocycles. The van der Waals surface area contributed by atoms with Crippen molar-refractivity contribution in [3.8, 4) is 0 Å². The third-order valence-corrected chi connectivity index (χ3v) is 9.01. The van der Waals surface area contributed by atoms with Gasteiger partial charge < -0.3 is 15.7 Å². The molecule has 0 spiro atoms. The summed E-state index contributed by atoms with van der Waals surface area (Å²) in [6.45, 7) is 10.0. The monoisotopic (exact) mass is 507 g/mol. The van der Waals surface area contributed by atoms with Crippen molar-refractivity contribution in [2.24, 2.45) is 0 Å². The number of carboxylic acid groups (broad SMARTS) is 1. The maximum Gasteiger partial charge on any atom is 0.513 e. The Morgan fingerprint density at radius 1 is 1.20 bits per heavy atom. The van der Waals surface area contributed by atoms with E-state index in [4.69, 9.17) is 0 Å². The van der Waals surface area contributed by atoms with Crippen molar-refractivity contribution in [1.29, 1.82) is 0 Å². The van der Waals surface area contributed by atoms with Crippen molar-refractivity contribution < 1.29 is 32.4 Å². The average Bonchev–Trinajstić information content (AvgIpc) is 2.74. The van der Waals surface area contributed by atoms with Gasteiger partial charge in [-0.3, -0.25) is 13.9 Å². The summed E-state index contributed by atoms with van der Waals surface area (Å²) in [6.07, 6.45) is 2.09. The molecule has 1 aromatic carbocycles. The molecule has 0 radical (unpaired) electrons. The van der Waals surface area contributed by atoms with Crippen molar-refractivity contribution >= 4 is 27.9 Å². The van der Waals surface area contributed by atoms with Crippen LogP contribution in [-0.4, -0.2) is 70.4 Å². The zero-order valence-corrected chi connectivity index (χ0v) is 21.7. The summed E-state index contributed by atoms with van der Waals surface area (Å²) >= 11 is 0. The molecule has 0 unspecified atom stereocenters. The molecule has 11 heteroatoms. The van der Waals surface area contributed by atoms with E-state index >= 15 is 0 Å². The lowest BCUT2D eigenvalue weighted by Crippen LogP contribution is -2.69. The number of likely N-dealkylation sites (tertiary alicyclic amines) is 1. The molecule has 2 aliphatic heterocycles. The molecular weight excluding hydrogens is 472 g/mol. The Bertz CT molecular complexity index is 1130. The van der Waals surface area contributed by atoms with Crippen LogP contribution in [0.3, 0.4) is 0 Å². The van der Waals surface area contributed by atoms with Gasteiger partial charge in [-0.15, -0.1) is 0 Å². The third kappa shape index (κ3) is 5.20. The van der Waals surface area contributed by atoms with Crippen molar-refractivity contribution in [1.82, 2.24) is 14.9 Å². The van der Waals surface area contributed by atoms with E-state index in [2.05, 4.69) is 10.6 Å². The van der Waals surface area contributed by atoms with Crippen LogP contribution in [0.15, 0.2) is 41.6 Å². The van der Waals surface area contributed by atoms with E-state index in [0.29, 0.717) is 25.9 Å². The van der Waals surface area contributed by atoms with E-state index in [0.717, 1.165) is 9.87 Å². The van der Waals surface area contributed by atoms with Gasteiger partial charge >= 0.3 is 6.09 Å². The quantitative estimate of drug-likeness (QED) is 0.524. The summed E-state index contributed by atoms with van der Waals surface area (Å²) < 4.78 is 27.3. The zero-order valence-electron chi connectivity index (χ0n) is 20.9. The summed E-state index contributed by atoms with van der Waals surface area (Å²) in [4.78, 5) is 37.7. The van der Waals surface area contributed by atoms with Crippen molar-refractivity contribution in [3.63, 3.8) is 0 Å². The minimum absolute atomic E-state index is 0.0251. The van der Waals surface area contributed by atoms with Crippen LogP contribution in [0.2, 0.25) is 0 Å². The molecule has 1 aromatic rings. The van der Waals surface area contributed by atoms with E-state index < -0.39 is 45.1 Å². The van der Waals surface area contributed by atoms with Crippen LogP contribution in [0.4, 0.5) is 4.79 Å². The minimum Gasteiger partial charge on any atom is -0.435 e. The first kappa shape index (κ1) is 26.7. The Labute approximate surface area is 206 Å². The maximum absolute atomic E-state index is 13.2. The van der Waals surface area contributed by atoms with Crippen LogP contribution in [-0.2, 0) is 19.6 Å². The van der Waals surface area contributed by atoms with Crippen LogP contribution < -0.4 is 10.6 Å². The Kier molecular flexibility index (Phi) is 7.07. The lowest BCUT2D eigenvalue weighted by atomic mass is 9.84. The molecule has 1 fully saturated rings. The molecule has 192 valence electrons. The van der Waals surface area contributed by atoms with Gasteiger partial charge in [-0.25, -0.2) is 12.9 Å². The highest BCUT2D eigenvalue weighted by molar-refractivity contribution is 7.89. The minimum atomic E-state index is -4.06. The first-order chi connectivity index (χ1) is 16.1. The van der Waals surface area contributed by atoms with Crippen LogP contribution in [0.1, 0.15) is 52.5 Å². The number of carbonyl (C=O) groups is 3. The van der Waals surface area contributed by atoms with Crippen molar-refractivity contribution in [2.45, 2.75) is 75.9 Å². The molecule has 2 aliphatic rings. The number of piperidine rings is 1. The number of quaternary nitrogens is 1. The fourth-order valence-corrected chi connectivity index (χ4v) is 6.17. The number of aryl methyl sites for hydroxylation is 1. The summed E-state index contributed by atoms with van der Waals surface area (Å²) in [5.74, 6) is -1.07. The van der Waals surface area contributed by atoms with E-state index in [1.165, 1.54) is 24.5 Å². The maximum atomic E-state index is 13.2. The average molecular weight is 508 g/mol. The Morgan fingerprint density at radius 2 is 1.77 bits per heavy atom. The topological polar surface area (TPSA) is 133 Å². The number of carbonyl (C=O) groups excluding carboxylic acids is 2. The summed E-state index contributed by atoms with van der Waals surface area (Å²) in [6, 6.07) is 5.02. The molecule has 0 saturated carbocycles. The Hall–Kier alpha value is -2.92. The van der Waals surface area contributed by atoms with Crippen LogP contribution in [0.5, 0.6) is 0 Å². The van der Waals surface area contributed by atoms with Gasteiger partial charge in [0.15, 0.2) is 0 Å². The van der Waals surface area contributed by atoms with Crippen molar-refractivity contribution in [3.05, 3.63) is 42.2 Å². The lowest BCUT2D eigenvalue weighted by molar-refractivity contribution is -0.909. The van der Waals surface area contributed by atoms with Crippen LogP contribution in [0, 0.1) is 6.92 Å². The number of hydrogen-bond donors (Lipinski definition) is 3. The van der Waals surface area contributed by atoms with E-state index in [-0.39, 0.29) is 15.8 Å². The van der Waals surface area contributed by atoms with E-state index in [1.807, 2.05) is 34.6 Å².